The first kappa shape index (κ1) is 10.2. The summed E-state index contributed by atoms with van der Waals surface area (Å²) in [6, 6.07) is 10.2. The molecule has 0 heterocycles. The predicted molar refractivity (Wildman–Crippen MR) is 58.9 cm³/mol. The van der Waals surface area contributed by atoms with Gasteiger partial charge in [-0.05, 0) is 18.7 Å². The SMILES string of the molecule is C=C[Si](C)(C)OCc1ccccc1. The van der Waals surface area contributed by atoms with Crippen molar-refractivity contribution in [3.63, 3.8) is 0 Å². The lowest BCUT2D eigenvalue weighted by atomic mass is 10.2. The van der Waals surface area contributed by atoms with Gasteiger partial charge in [0.2, 0.25) is 8.32 Å². The first-order valence-electron chi connectivity index (χ1n) is 4.45. The molecule has 0 amide bonds. The Bertz CT molecular complexity index is 267. The largest absolute Gasteiger partial charge is 0.409 e. The zero-order chi connectivity index (χ0) is 9.73. The molecule has 1 nitrogen and oxygen atoms in total. The molecule has 0 saturated carbocycles. The van der Waals surface area contributed by atoms with Crippen LogP contribution in [-0.2, 0) is 11.0 Å². The highest BCUT2D eigenvalue weighted by Crippen LogP contribution is 2.09. The second kappa shape index (κ2) is 4.39. The Morgan fingerprint density at radius 2 is 1.92 bits per heavy atom. The highest BCUT2D eigenvalue weighted by Gasteiger charge is 2.16. The van der Waals surface area contributed by atoms with Gasteiger partial charge in [0, 0.05) is 0 Å². The quantitative estimate of drug-likeness (QED) is 0.666. The van der Waals surface area contributed by atoms with Gasteiger partial charge in [0.15, 0.2) is 0 Å². The summed E-state index contributed by atoms with van der Waals surface area (Å²) in [4.78, 5) is 0. The summed E-state index contributed by atoms with van der Waals surface area (Å²) in [5.41, 5.74) is 3.18. The van der Waals surface area contributed by atoms with Crippen LogP contribution in [-0.4, -0.2) is 8.32 Å². The van der Waals surface area contributed by atoms with E-state index in [-0.39, 0.29) is 0 Å². The van der Waals surface area contributed by atoms with E-state index in [9.17, 15) is 0 Å². The Kier molecular flexibility index (Phi) is 3.45. The minimum atomic E-state index is -1.60. The van der Waals surface area contributed by atoms with Gasteiger partial charge in [0.1, 0.15) is 0 Å². The molecule has 0 bridgehead atoms. The van der Waals surface area contributed by atoms with Crippen LogP contribution < -0.4 is 0 Å². The maximum absolute atomic E-state index is 5.79. The van der Waals surface area contributed by atoms with Crippen molar-refractivity contribution in [2.24, 2.45) is 0 Å². The van der Waals surface area contributed by atoms with Gasteiger partial charge < -0.3 is 4.43 Å². The highest BCUT2D eigenvalue weighted by atomic mass is 28.4. The molecule has 1 rings (SSSR count). The number of hydrogen-bond donors (Lipinski definition) is 0. The molecule has 0 spiro atoms. The van der Waals surface area contributed by atoms with Gasteiger partial charge in [-0.1, -0.05) is 36.0 Å². The molecule has 1 aromatic carbocycles. The summed E-state index contributed by atoms with van der Waals surface area (Å²) >= 11 is 0. The standard InChI is InChI=1S/C11H16OSi/c1-4-13(2,3)12-10-11-8-6-5-7-9-11/h4-9H,1,10H2,2-3H3. The molecule has 0 aliphatic heterocycles. The van der Waals surface area contributed by atoms with Crippen LogP contribution >= 0.6 is 0 Å². The summed E-state index contributed by atoms with van der Waals surface area (Å²) in [7, 11) is -1.60. The number of benzene rings is 1. The van der Waals surface area contributed by atoms with Crippen molar-refractivity contribution in [3.05, 3.63) is 48.2 Å². The molecule has 13 heavy (non-hydrogen) atoms. The third-order valence-electron chi connectivity index (χ3n) is 1.95. The van der Waals surface area contributed by atoms with E-state index in [2.05, 4.69) is 31.8 Å². The van der Waals surface area contributed by atoms with Crippen molar-refractivity contribution in [2.45, 2.75) is 19.7 Å². The summed E-state index contributed by atoms with van der Waals surface area (Å²) in [6.07, 6.45) is 0. The van der Waals surface area contributed by atoms with Gasteiger partial charge in [0.05, 0.1) is 6.61 Å². The Balaban J connectivity index is 2.48. The van der Waals surface area contributed by atoms with E-state index in [1.807, 2.05) is 23.9 Å². The van der Waals surface area contributed by atoms with Crippen LogP contribution in [0, 0.1) is 0 Å². The molecule has 0 atom stereocenters. The Hall–Kier alpha value is -0.863. The van der Waals surface area contributed by atoms with Crippen molar-refractivity contribution in [1.29, 1.82) is 0 Å². The van der Waals surface area contributed by atoms with Crippen molar-refractivity contribution < 1.29 is 4.43 Å². The lowest BCUT2D eigenvalue weighted by molar-refractivity contribution is 0.303. The molecule has 0 fully saturated rings. The van der Waals surface area contributed by atoms with Gasteiger partial charge in [-0.15, -0.1) is 6.58 Å². The minimum absolute atomic E-state index is 0.700. The molecule has 0 aliphatic rings. The highest BCUT2D eigenvalue weighted by molar-refractivity contribution is 6.76. The molecule has 0 radical (unpaired) electrons. The van der Waals surface area contributed by atoms with E-state index < -0.39 is 8.32 Å². The lowest BCUT2D eigenvalue weighted by Crippen LogP contribution is -2.27. The van der Waals surface area contributed by atoms with Crippen LogP contribution in [0.4, 0.5) is 0 Å². The third kappa shape index (κ3) is 3.57. The third-order valence-corrected chi connectivity index (χ3v) is 3.82. The first-order chi connectivity index (χ1) is 6.14. The smallest absolute Gasteiger partial charge is 0.210 e. The predicted octanol–water partition coefficient (Wildman–Crippen LogP) is 3.13. The average Bonchev–Trinajstić information content (AvgIpc) is 2.17. The Morgan fingerprint density at radius 1 is 1.31 bits per heavy atom. The van der Waals surface area contributed by atoms with E-state index in [0.29, 0.717) is 6.61 Å². The molecule has 70 valence electrons. The van der Waals surface area contributed by atoms with Crippen molar-refractivity contribution in [2.75, 3.05) is 0 Å². The summed E-state index contributed by atoms with van der Waals surface area (Å²) < 4.78 is 5.79. The van der Waals surface area contributed by atoms with Crippen molar-refractivity contribution in [1.82, 2.24) is 0 Å². The second-order valence-electron chi connectivity index (χ2n) is 3.58. The molecular weight excluding hydrogens is 176 g/mol. The number of rotatable bonds is 4. The van der Waals surface area contributed by atoms with Crippen LogP contribution in [0.25, 0.3) is 0 Å². The van der Waals surface area contributed by atoms with E-state index >= 15 is 0 Å². The van der Waals surface area contributed by atoms with Crippen molar-refractivity contribution in [3.8, 4) is 0 Å². The molecular formula is C11H16OSi. The summed E-state index contributed by atoms with van der Waals surface area (Å²) in [5, 5.41) is 0. The van der Waals surface area contributed by atoms with Gasteiger partial charge in [-0.25, -0.2) is 0 Å². The maximum Gasteiger partial charge on any atom is 0.210 e. The maximum atomic E-state index is 5.79. The van der Waals surface area contributed by atoms with Gasteiger partial charge in [-0.2, -0.15) is 0 Å². The van der Waals surface area contributed by atoms with E-state index in [1.54, 1.807) is 0 Å². The average molecular weight is 192 g/mol. The van der Waals surface area contributed by atoms with Crippen molar-refractivity contribution >= 4 is 8.32 Å². The fourth-order valence-electron chi connectivity index (χ4n) is 0.902. The molecule has 0 N–H and O–H groups in total. The molecule has 0 saturated heterocycles. The summed E-state index contributed by atoms with van der Waals surface area (Å²) in [5.74, 6) is 0. The number of hydrogen-bond acceptors (Lipinski definition) is 1. The van der Waals surface area contributed by atoms with E-state index in [0.717, 1.165) is 0 Å². The first-order valence-corrected chi connectivity index (χ1v) is 7.44. The van der Waals surface area contributed by atoms with Crippen LogP contribution in [0.2, 0.25) is 13.1 Å². The fraction of sp³-hybridized carbons (Fsp3) is 0.273. The topological polar surface area (TPSA) is 9.23 Å². The minimum Gasteiger partial charge on any atom is -0.409 e. The molecule has 1 aromatic rings. The van der Waals surface area contributed by atoms with E-state index in [4.69, 9.17) is 4.43 Å². The van der Waals surface area contributed by atoms with Crippen LogP contribution in [0.15, 0.2) is 42.6 Å². The van der Waals surface area contributed by atoms with Crippen LogP contribution in [0.1, 0.15) is 5.56 Å². The van der Waals surface area contributed by atoms with Gasteiger partial charge in [-0.3, -0.25) is 0 Å². The Labute approximate surface area is 81.2 Å². The Morgan fingerprint density at radius 3 is 2.46 bits per heavy atom. The monoisotopic (exact) mass is 192 g/mol. The van der Waals surface area contributed by atoms with Gasteiger partial charge in [0.25, 0.3) is 0 Å². The van der Waals surface area contributed by atoms with Gasteiger partial charge >= 0.3 is 0 Å². The fourth-order valence-corrected chi connectivity index (χ4v) is 1.56. The molecule has 2 heteroatoms. The molecule has 0 aromatic heterocycles. The molecule has 0 aliphatic carbocycles. The summed E-state index contributed by atoms with van der Waals surface area (Å²) in [6.45, 7) is 8.77. The van der Waals surface area contributed by atoms with E-state index in [1.165, 1.54) is 5.56 Å². The second-order valence-corrected chi connectivity index (χ2v) is 7.49. The molecule has 0 unspecified atom stereocenters. The normalized spacial score (nSPS) is 11.2. The zero-order valence-electron chi connectivity index (χ0n) is 8.29. The zero-order valence-corrected chi connectivity index (χ0v) is 9.29. The lowest BCUT2D eigenvalue weighted by Gasteiger charge is -2.17. The van der Waals surface area contributed by atoms with Crippen LogP contribution in [0.5, 0.6) is 0 Å². The van der Waals surface area contributed by atoms with Crippen LogP contribution in [0.3, 0.4) is 0 Å².